The van der Waals surface area contributed by atoms with Gasteiger partial charge in [0, 0.05) is 11.3 Å². The Hall–Kier alpha value is -3.65. The molecule has 0 bridgehead atoms. The van der Waals surface area contributed by atoms with Crippen molar-refractivity contribution in [3.05, 3.63) is 65.4 Å². The number of nitrogens with zero attached hydrogens (tertiary/aromatic N) is 1. The number of ether oxygens (including phenoxy) is 1. The van der Waals surface area contributed by atoms with Gasteiger partial charge in [-0.05, 0) is 60.9 Å². The van der Waals surface area contributed by atoms with Gasteiger partial charge >= 0.3 is 5.97 Å². The van der Waals surface area contributed by atoms with Gasteiger partial charge in [-0.3, -0.25) is 9.59 Å². The third kappa shape index (κ3) is 3.55. The fourth-order valence-electron chi connectivity index (χ4n) is 4.25. The highest BCUT2D eigenvalue weighted by Gasteiger charge is 2.56. The average molecular weight is 422 g/mol. The monoisotopic (exact) mass is 422 g/mol. The standard InChI is InChI=1S/C23H22N2O6/c1-12(26)19-18-11-17(20(23(29)30)25(18)22(19)28)13-4-3-5-14(10-13)21(27)24-15-6-8-16(31-2)9-7-15/h3-10,12,18-19,26H,11H2,1-2H3,(H,24,27)(H,29,30)/t12-,18-,19-/m1/s1. The van der Waals surface area contributed by atoms with Crippen LogP contribution in [0.2, 0.25) is 0 Å². The third-order valence-electron chi connectivity index (χ3n) is 5.75. The van der Waals surface area contributed by atoms with Gasteiger partial charge in [-0.15, -0.1) is 0 Å². The van der Waals surface area contributed by atoms with Gasteiger partial charge in [-0.1, -0.05) is 12.1 Å². The summed E-state index contributed by atoms with van der Waals surface area (Å²) < 4.78 is 5.10. The Morgan fingerprint density at radius 2 is 1.90 bits per heavy atom. The van der Waals surface area contributed by atoms with Gasteiger partial charge in [-0.2, -0.15) is 0 Å². The average Bonchev–Trinajstić information content (AvgIpc) is 3.09. The molecule has 31 heavy (non-hydrogen) atoms. The molecule has 1 saturated heterocycles. The molecule has 2 heterocycles. The molecule has 0 radical (unpaired) electrons. The molecular formula is C23H22N2O6. The van der Waals surface area contributed by atoms with E-state index in [-0.39, 0.29) is 23.6 Å². The largest absolute Gasteiger partial charge is 0.497 e. The predicted octanol–water partition coefficient (Wildman–Crippen LogP) is 2.35. The lowest BCUT2D eigenvalue weighted by Crippen LogP contribution is -2.61. The van der Waals surface area contributed by atoms with Crippen LogP contribution in [0.1, 0.15) is 29.3 Å². The molecule has 4 rings (SSSR count). The number of hydrogen-bond donors (Lipinski definition) is 3. The Morgan fingerprint density at radius 1 is 1.19 bits per heavy atom. The Bertz CT molecular complexity index is 1090. The molecule has 2 aromatic carbocycles. The molecule has 8 nitrogen and oxygen atoms in total. The van der Waals surface area contributed by atoms with Crippen LogP contribution in [0, 0.1) is 5.92 Å². The zero-order valence-electron chi connectivity index (χ0n) is 17.0. The quantitative estimate of drug-likeness (QED) is 0.616. The van der Waals surface area contributed by atoms with E-state index in [1.54, 1.807) is 55.6 Å². The molecule has 3 atom stereocenters. The summed E-state index contributed by atoms with van der Waals surface area (Å²) in [5.74, 6) is -1.88. The third-order valence-corrected chi connectivity index (χ3v) is 5.75. The van der Waals surface area contributed by atoms with Crippen LogP contribution in [0.4, 0.5) is 5.69 Å². The summed E-state index contributed by atoms with van der Waals surface area (Å²) >= 11 is 0. The van der Waals surface area contributed by atoms with E-state index in [4.69, 9.17) is 4.74 Å². The SMILES string of the molecule is COc1ccc(NC(=O)c2cccc(C3=C(C(=O)O)N4C(=O)[C@H]([C@@H](C)O)[C@H]4C3)c2)cc1. The first-order chi connectivity index (χ1) is 14.8. The van der Waals surface area contributed by atoms with Crippen molar-refractivity contribution in [3.8, 4) is 5.75 Å². The number of carbonyl (C=O) groups is 3. The first-order valence-electron chi connectivity index (χ1n) is 9.85. The first-order valence-corrected chi connectivity index (χ1v) is 9.85. The zero-order valence-corrected chi connectivity index (χ0v) is 17.0. The van der Waals surface area contributed by atoms with E-state index < -0.39 is 18.0 Å². The number of aliphatic hydroxyl groups is 1. The van der Waals surface area contributed by atoms with Crippen LogP contribution in [-0.4, -0.2) is 52.2 Å². The molecule has 1 fully saturated rings. The minimum absolute atomic E-state index is 0.0837. The lowest BCUT2D eigenvalue weighted by atomic mass is 9.82. The van der Waals surface area contributed by atoms with E-state index in [0.717, 1.165) is 0 Å². The lowest BCUT2D eigenvalue weighted by Gasteiger charge is -2.44. The van der Waals surface area contributed by atoms with Gasteiger partial charge in [0.15, 0.2) is 0 Å². The van der Waals surface area contributed by atoms with Crippen molar-refractivity contribution in [2.24, 2.45) is 5.92 Å². The van der Waals surface area contributed by atoms with E-state index >= 15 is 0 Å². The van der Waals surface area contributed by atoms with E-state index in [0.29, 0.717) is 34.6 Å². The molecular weight excluding hydrogens is 400 g/mol. The maximum Gasteiger partial charge on any atom is 0.352 e. The van der Waals surface area contributed by atoms with Crippen molar-refractivity contribution in [1.82, 2.24) is 4.90 Å². The summed E-state index contributed by atoms with van der Waals surface area (Å²) in [4.78, 5) is 38.3. The molecule has 3 N–H and O–H groups in total. The van der Waals surface area contributed by atoms with Crippen LogP contribution in [0.3, 0.4) is 0 Å². The van der Waals surface area contributed by atoms with Crippen molar-refractivity contribution in [2.45, 2.75) is 25.5 Å². The number of rotatable bonds is 6. The fourth-order valence-corrected chi connectivity index (χ4v) is 4.25. The number of hydrogen-bond acceptors (Lipinski definition) is 5. The van der Waals surface area contributed by atoms with Gasteiger partial charge in [0.05, 0.1) is 25.2 Å². The minimum atomic E-state index is -1.21. The van der Waals surface area contributed by atoms with Crippen LogP contribution in [-0.2, 0) is 9.59 Å². The van der Waals surface area contributed by atoms with Crippen LogP contribution in [0.5, 0.6) is 5.75 Å². The predicted molar refractivity (Wildman–Crippen MR) is 112 cm³/mol. The molecule has 2 aliphatic heterocycles. The maximum atomic E-state index is 12.7. The number of nitrogens with one attached hydrogen (secondary N) is 1. The van der Waals surface area contributed by atoms with E-state index in [1.165, 1.54) is 11.8 Å². The number of carboxylic acids is 1. The highest BCUT2D eigenvalue weighted by atomic mass is 16.5. The van der Waals surface area contributed by atoms with Crippen molar-refractivity contribution in [3.63, 3.8) is 0 Å². The molecule has 0 aromatic heterocycles. The van der Waals surface area contributed by atoms with Crippen molar-refractivity contribution < 1.29 is 29.3 Å². The summed E-state index contributed by atoms with van der Waals surface area (Å²) in [6, 6.07) is 13.2. The minimum Gasteiger partial charge on any atom is -0.497 e. The van der Waals surface area contributed by atoms with Crippen LogP contribution >= 0.6 is 0 Å². The number of β-lactam (4-membered cyclic amide) rings is 1. The number of benzene rings is 2. The number of fused-ring (bicyclic) bond motifs is 1. The molecule has 2 aliphatic rings. The van der Waals surface area contributed by atoms with E-state index in [1.807, 2.05) is 0 Å². The number of carboxylic acid groups (broad SMARTS) is 1. The lowest BCUT2D eigenvalue weighted by molar-refractivity contribution is -0.161. The maximum absolute atomic E-state index is 12.7. The molecule has 0 unspecified atom stereocenters. The summed E-state index contributed by atoms with van der Waals surface area (Å²) in [6.07, 6.45) is -0.545. The molecule has 8 heteroatoms. The van der Waals surface area contributed by atoms with Crippen molar-refractivity contribution >= 4 is 29.0 Å². The number of anilines is 1. The van der Waals surface area contributed by atoms with E-state index in [2.05, 4.69) is 5.32 Å². The second-order valence-corrected chi connectivity index (χ2v) is 7.64. The highest BCUT2D eigenvalue weighted by Crippen LogP contribution is 2.47. The zero-order chi connectivity index (χ0) is 22.3. The van der Waals surface area contributed by atoms with Crippen LogP contribution < -0.4 is 10.1 Å². The number of methoxy groups -OCH3 is 1. The molecule has 0 saturated carbocycles. The molecule has 2 amide bonds. The van der Waals surface area contributed by atoms with Crippen molar-refractivity contribution in [2.75, 3.05) is 12.4 Å². The summed E-state index contributed by atoms with van der Waals surface area (Å²) in [5.41, 5.74) is 1.91. The number of amides is 2. The van der Waals surface area contributed by atoms with Gasteiger partial charge in [0.2, 0.25) is 5.91 Å². The smallest absolute Gasteiger partial charge is 0.352 e. The second-order valence-electron chi connectivity index (χ2n) is 7.64. The molecule has 160 valence electrons. The number of aliphatic carboxylic acids is 1. The van der Waals surface area contributed by atoms with Gasteiger partial charge < -0.3 is 25.2 Å². The number of carbonyl (C=O) groups excluding carboxylic acids is 2. The van der Waals surface area contributed by atoms with E-state index in [9.17, 15) is 24.6 Å². The fraction of sp³-hybridized carbons (Fsp3) is 0.261. The summed E-state index contributed by atoms with van der Waals surface area (Å²) in [7, 11) is 1.56. The highest BCUT2D eigenvalue weighted by molar-refractivity contribution is 6.08. The van der Waals surface area contributed by atoms with Crippen molar-refractivity contribution in [1.29, 1.82) is 0 Å². The van der Waals surface area contributed by atoms with Crippen LogP contribution in [0.25, 0.3) is 5.57 Å². The topological polar surface area (TPSA) is 116 Å². The normalized spacial score (nSPS) is 20.7. The first kappa shape index (κ1) is 20.6. The Balaban J connectivity index is 1.61. The Kier molecular flexibility index (Phi) is 5.24. The molecule has 2 aromatic rings. The van der Waals surface area contributed by atoms with Gasteiger partial charge in [0.25, 0.3) is 5.91 Å². The van der Waals surface area contributed by atoms with Crippen LogP contribution in [0.15, 0.2) is 54.2 Å². The second kappa shape index (κ2) is 7.88. The summed E-state index contributed by atoms with van der Waals surface area (Å²) in [5, 5.41) is 22.4. The van der Waals surface area contributed by atoms with Gasteiger partial charge in [0.1, 0.15) is 11.4 Å². The molecule has 0 aliphatic carbocycles. The molecule has 0 spiro atoms. The Morgan fingerprint density at radius 3 is 2.52 bits per heavy atom. The van der Waals surface area contributed by atoms with Gasteiger partial charge in [-0.25, -0.2) is 4.79 Å². The summed E-state index contributed by atoms with van der Waals surface area (Å²) in [6.45, 7) is 1.53. The Labute approximate surface area is 178 Å². The number of aliphatic hydroxyl groups excluding tert-OH is 1.